The van der Waals surface area contributed by atoms with Gasteiger partial charge >= 0.3 is 0 Å². The largest absolute Gasteiger partial charge is 0.390 e. The Hall–Kier alpha value is -1.13. The molecule has 0 saturated carbocycles. The fourth-order valence-electron chi connectivity index (χ4n) is 2.42. The summed E-state index contributed by atoms with van der Waals surface area (Å²) in [6, 6.07) is 5.20. The molecule has 0 radical (unpaired) electrons. The van der Waals surface area contributed by atoms with Gasteiger partial charge in [-0.05, 0) is 38.3 Å². The van der Waals surface area contributed by atoms with Gasteiger partial charge in [-0.15, -0.1) is 0 Å². The summed E-state index contributed by atoms with van der Waals surface area (Å²) in [5.74, 6) is -0.244. The second-order valence-electron chi connectivity index (χ2n) is 5.32. The number of benzene rings is 1. The topological polar surface area (TPSA) is 49.5 Å². The van der Waals surface area contributed by atoms with Crippen LogP contribution in [-0.2, 0) is 6.54 Å². The highest BCUT2D eigenvalue weighted by Crippen LogP contribution is 2.26. The fourth-order valence-corrected chi connectivity index (χ4v) is 2.42. The zero-order valence-electron chi connectivity index (χ0n) is 10.8. The van der Waals surface area contributed by atoms with Crippen LogP contribution in [0, 0.1) is 5.82 Å². The molecule has 3 N–H and O–H groups in total. The van der Waals surface area contributed by atoms with Crippen molar-refractivity contribution < 1.29 is 9.50 Å². The van der Waals surface area contributed by atoms with Crippen LogP contribution in [0.2, 0.25) is 0 Å². The fraction of sp³-hybridized carbons (Fsp3) is 0.571. The van der Waals surface area contributed by atoms with Crippen LogP contribution < -0.4 is 10.6 Å². The van der Waals surface area contributed by atoms with E-state index in [-0.39, 0.29) is 12.4 Å². The summed E-state index contributed by atoms with van der Waals surface area (Å²) in [5, 5.41) is 10.0. The molecule has 1 heterocycles. The Balaban J connectivity index is 2.14. The van der Waals surface area contributed by atoms with Gasteiger partial charge in [0.1, 0.15) is 5.82 Å². The van der Waals surface area contributed by atoms with Gasteiger partial charge in [0.15, 0.2) is 0 Å². The first kappa shape index (κ1) is 13.3. The molecule has 100 valence electrons. The third kappa shape index (κ3) is 3.00. The molecule has 1 atom stereocenters. The number of aliphatic hydroxyl groups is 1. The maximum atomic E-state index is 13.7. The van der Waals surface area contributed by atoms with Crippen LogP contribution in [0.5, 0.6) is 0 Å². The second-order valence-corrected chi connectivity index (χ2v) is 5.32. The van der Waals surface area contributed by atoms with Gasteiger partial charge in [-0.3, -0.25) is 0 Å². The Labute approximate surface area is 107 Å². The minimum atomic E-state index is -0.593. The van der Waals surface area contributed by atoms with E-state index in [9.17, 15) is 9.50 Å². The van der Waals surface area contributed by atoms with Crippen molar-refractivity contribution in [2.45, 2.75) is 38.3 Å². The Bertz CT molecular complexity index is 420. The van der Waals surface area contributed by atoms with Crippen LogP contribution >= 0.6 is 0 Å². The van der Waals surface area contributed by atoms with Crippen molar-refractivity contribution in [3.05, 3.63) is 29.6 Å². The summed E-state index contributed by atoms with van der Waals surface area (Å²) < 4.78 is 13.7. The zero-order chi connectivity index (χ0) is 13.2. The van der Waals surface area contributed by atoms with E-state index in [4.69, 9.17) is 5.73 Å². The van der Waals surface area contributed by atoms with Crippen molar-refractivity contribution in [1.82, 2.24) is 0 Å². The number of hydrogen-bond donors (Lipinski definition) is 2. The summed E-state index contributed by atoms with van der Waals surface area (Å²) >= 11 is 0. The third-order valence-electron chi connectivity index (χ3n) is 3.69. The van der Waals surface area contributed by atoms with Gasteiger partial charge in [-0.25, -0.2) is 4.39 Å². The summed E-state index contributed by atoms with van der Waals surface area (Å²) in [6.07, 6.45) is 2.44. The number of hydrogen-bond acceptors (Lipinski definition) is 3. The van der Waals surface area contributed by atoms with Crippen molar-refractivity contribution in [3.8, 4) is 0 Å². The van der Waals surface area contributed by atoms with Gasteiger partial charge in [-0.1, -0.05) is 6.07 Å². The van der Waals surface area contributed by atoms with E-state index in [0.29, 0.717) is 12.0 Å². The lowest BCUT2D eigenvalue weighted by molar-refractivity contribution is 0.0481. The lowest BCUT2D eigenvalue weighted by atomic mass is 9.98. The molecule has 1 saturated heterocycles. The Morgan fingerprint density at radius 3 is 2.83 bits per heavy atom. The van der Waals surface area contributed by atoms with E-state index in [2.05, 4.69) is 4.90 Å². The van der Waals surface area contributed by atoms with Gasteiger partial charge in [0.2, 0.25) is 0 Å². The molecule has 1 fully saturated rings. The van der Waals surface area contributed by atoms with Crippen LogP contribution in [0.3, 0.4) is 0 Å². The number of halogens is 1. The lowest BCUT2D eigenvalue weighted by Gasteiger charge is -2.24. The molecule has 1 aromatic rings. The average Bonchev–Trinajstić information content (AvgIpc) is 2.50. The van der Waals surface area contributed by atoms with Gasteiger partial charge in [0.25, 0.3) is 0 Å². The molecule has 0 aliphatic carbocycles. The number of anilines is 1. The second kappa shape index (κ2) is 5.24. The SMILES string of the molecule is CC1(O)CCCN(c2ccc(CN)c(F)c2)CC1. The molecule has 0 amide bonds. The third-order valence-corrected chi connectivity index (χ3v) is 3.69. The molecular weight excluding hydrogens is 231 g/mol. The van der Waals surface area contributed by atoms with Gasteiger partial charge in [-0.2, -0.15) is 0 Å². The van der Waals surface area contributed by atoms with E-state index in [1.165, 1.54) is 0 Å². The highest BCUT2D eigenvalue weighted by Gasteiger charge is 2.25. The monoisotopic (exact) mass is 252 g/mol. The molecule has 0 bridgehead atoms. The summed E-state index contributed by atoms with van der Waals surface area (Å²) in [6.45, 7) is 3.71. The van der Waals surface area contributed by atoms with Crippen molar-refractivity contribution >= 4 is 5.69 Å². The molecule has 4 heteroatoms. The maximum Gasteiger partial charge on any atom is 0.129 e. The Morgan fingerprint density at radius 1 is 1.39 bits per heavy atom. The number of nitrogens with zero attached hydrogens (tertiary/aromatic N) is 1. The number of rotatable bonds is 2. The zero-order valence-corrected chi connectivity index (χ0v) is 10.8. The molecule has 0 spiro atoms. The minimum Gasteiger partial charge on any atom is -0.390 e. The van der Waals surface area contributed by atoms with Crippen molar-refractivity contribution in [2.75, 3.05) is 18.0 Å². The molecule has 3 nitrogen and oxygen atoms in total. The van der Waals surface area contributed by atoms with Gasteiger partial charge < -0.3 is 15.7 Å². The van der Waals surface area contributed by atoms with Crippen molar-refractivity contribution in [3.63, 3.8) is 0 Å². The minimum absolute atomic E-state index is 0.223. The first-order valence-corrected chi connectivity index (χ1v) is 6.48. The van der Waals surface area contributed by atoms with Gasteiger partial charge in [0.05, 0.1) is 5.60 Å². The average molecular weight is 252 g/mol. The van der Waals surface area contributed by atoms with E-state index in [1.807, 2.05) is 13.0 Å². The van der Waals surface area contributed by atoms with Crippen LogP contribution in [0.25, 0.3) is 0 Å². The first-order chi connectivity index (χ1) is 8.52. The Kier molecular flexibility index (Phi) is 3.88. The molecule has 18 heavy (non-hydrogen) atoms. The van der Waals surface area contributed by atoms with E-state index < -0.39 is 5.60 Å². The maximum absolute atomic E-state index is 13.7. The van der Waals surface area contributed by atoms with Crippen molar-refractivity contribution in [2.24, 2.45) is 5.73 Å². The summed E-state index contributed by atoms with van der Waals surface area (Å²) in [5.41, 5.74) is 6.28. The highest BCUT2D eigenvalue weighted by molar-refractivity contribution is 5.48. The normalized spacial score (nSPS) is 25.0. The van der Waals surface area contributed by atoms with Crippen molar-refractivity contribution in [1.29, 1.82) is 0 Å². The molecular formula is C14H21FN2O. The predicted octanol–water partition coefficient (Wildman–Crippen LogP) is 2.03. The number of nitrogens with two attached hydrogens (primary N) is 1. The first-order valence-electron chi connectivity index (χ1n) is 6.48. The predicted molar refractivity (Wildman–Crippen MR) is 71.0 cm³/mol. The van der Waals surface area contributed by atoms with Crippen LogP contribution in [0.4, 0.5) is 10.1 Å². The summed E-state index contributed by atoms with van der Waals surface area (Å²) in [4.78, 5) is 2.13. The van der Waals surface area contributed by atoms with E-state index >= 15 is 0 Å². The van der Waals surface area contributed by atoms with Crippen LogP contribution in [0.1, 0.15) is 31.7 Å². The smallest absolute Gasteiger partial charge is 0.129 e. The highest BCUT2D eigenvalue weighted by atomic mass is 19.1. The van der Waals surface area contributed by atoms with Gasteiger partial charge in [0, 0.05) is 30.9 Å². The lowest BCUT2D eigenvalue weighted by Crippen LogP contribution is -2.28. The quantitative estimate of drug-likeness (QED) is 0.846. The molecule has 0 aromatic heterocycles. The molecule has 1 aliphatic heterocycles. The van der Waals surface area contributed by atoms with Crippen LogP contribution in [0.15, 0.2) is 18.2 Å². The standard InChI is InChI=1S/C14H21FN2O/c1-14(18)5-2-7-17(8-6-14)12-4-3-11(10-16)13(15)9-12/h3-4,9,18H,2,5-8,10,16H2,1H3. The van der Waals surface area contributed by atoms with E-state index in [1.54, 1.807) is 12.1 Å². The molecule has 1 aromatic carbocycles. The molecule has 2 rings (SSSR count). The summed E-state index contributed by atoms with van der Waals surface area (Å²) in [7, 11) is 0. The van der Waals surface area contributed by atoms with Crippen LogP contribution in [-0.4, -0.2) is 23.8 Å². The Morgan fingerprint density at radius 2 is 2.17 bits per heavy atom. The molecule has 1 aliphatic rings. The van der Waals surface area contributed by atoms with E-state index in [0.717, 1.165) is 31.6 Å². The molecule has 1 unspecified atom stereocenters.